The standard InChI is InChI=1S/C12H9N2.3C4H9.Sn/c1-9-5-6-11-10(8-9)13-12-4-2-3-7-14(11)12;3*1-3-4-2;/h3-8H,1H3;3*1,3-4H2,2H3;. The molecule has 3 heteroatoms. The van der Waals surface area contributed by atoms with Gasteiger partial charge in [-0.15, -0.1) is 0 Å². The van der Waals surface area contributed by atoms with E-state index in [0.29, 0.717) is 0 Å². The van der Waals surface area contributed by atoms with Gasteiger partial charge in [-0.2, -0.15) is 0 Å². The Morgan fingerprint density at radius 1 is 0.852 bits per heavy atom. The van der Waals surface area contributed by atoms with Crippen molar-refractivity contribution in [1.82, 2.24) is 9.38 Å². The Kier molecular flexibility index (Phi) is 7.24. The van der Waals surface area contributed by atoms with Crippen molar-refractivity contribution in [3.8, 4) is 0 Å². The van der Waals surface area contributed by atoms with E-state index in [4.69, 9.17) is 4.98 Å². The molecule has 2 nitrogen and oxygen atoms in total. The average molecular weight is 471 g/mol. The van der Waals surface area contributed by atoms with Crippen molar-refractivity contribution >= 4 is 38.6 Å². The molecular formula is C24H36N2Sn. The average Bonchev–Trinajstić information content (AvgIpc) is 3.04. The van der Waals surface area contributed by atoms with Crippen LogP contribution >= 0.6 is 0 Å². The molecule has 0 aliphatic rings. The first kappa shape index (κ1) is 20.7. The van der Waals surface area contributed by atoms with Gasteiger partial charge in [-0.05, 0) is 0 Å². The Morgan fingerprint density at radius 3 is 2.07 bits per heavy atom. The molecule has 27 heavy (non-hydrogen) atoms. The first-order valence-electron chi connectivity index (χ1n) is 11.0. The van der Waals surface area contributed by atoms with Gasteiger partial charge in [-0.1, -0.05) is 0 Å². The summed E-state index contributed by atoms with van der Waals surface area (Å²) in [4.78, 5) is 4.99. The molecular weight excluding hydrogens is 435 g/mol. The van der Waals surface area contributed by atoms with E-state index >= 15 is 0 Å². The van der Waals surface area contributed by atoms with Crippen LogP contribution in [0.15, 0.2) is 36.5 Å². The summed E-state index contributed by atoms with van der Waals surface area (Å²) in [7, 11) is 0. The summed E-state index contributed by atoms with van der Waals surface area (Å²) in [5.41, 5.74) is 4.80. The fraction of sp³-hybridized carbons (Fsp3) is 0.542. The molecule has 0 amide bonds. The monoisotopic (exact) mass is 472 g/mol. The third-order valence-corrected chi connectivity index (χ3v) is 21.8. The van der Waals surface area contributed by atoms with Crippen molar-refractivity contribution in [1.29, 1.82) is 0 Å². The second kappa shape index (κ2) is 9.45. The third kappa shape index (κ3) is 4.52. The molecule has 0 radical (unpaired) electrons. The number of nitrogens with zero attached hydrogens (tertiary/aromatic N) is 2. The van der Waals surface area contributed by atoms with Gasteiger partial charge < -0.3 is 0 Å². The number of aryl methyl sites for hydroxylation is 1. The van der Waals surface area contributed by atoms with Crippen LogP contribution in [-0.4, -0.2) is 27.8 Å². The fourth-order valence-electron chi connectivity index (χ4n) is 4.51. The van der Waals surface area contributed by atoms with Crippen LogP contribution in [0.2, 0.25) is 13.3 Å². The molecule has 0 saturated carbocycles. The number of unbranched alkanes of at least 4 members (excludes halogenated alkanes) is 3. The van der Waals surface area contributed by atoms with Crippen molar-refractivity contribution < 1.29 is 0 Å². The number of rotatable bonds is 10. The van der Waals surface area contributed by atoms with Gasteiger partial charge in [0.15, 0.2) is 0 Å². The van der Waals surface area contributed by atoms with Crippen molar-refractivity contribution in [3.05, 3.63) is 42.1 Å². The number of pyridine rings is 1. The molecule has 0 spiro atoms. The second-order valence-electron chi connectivity index (χ2n) is 8.34. The van der Waals surface area contributed by atoms with Crippen LogP contribution in [0.5, 0.6) is 0 Å². The summed E-state index contributed by atoms with van der Waals surface area (Å²) >= 11 is -2.38. The molecule has 0 aliphatic carbocycles. The van der Waals surface area contributed by atoms with Crippen LogP contribution in [0, 0.1) is 6.92 Å². The van der Waals surface area contributed by atoms with Gasteiger partial charge in [0.05, 0.1) is 0 Å². The number of aromatic nitrogens is 2. The summed E-state index contributed by atoms with van der Waals surface area (Å²) in [6.07, 6.45) is 10.5. The molecule has 0 bridgehead atoms. The zero-order valence-corrected chi connectivity index (χ0v) is 20.6. The van der Waals surface area contributed by atoms with E-state index in [9.17, 15) is 0 Å². The van der Waals surface area contributed by atoms with Crippen molar-refractivity contribution in [2.24, 2.45) is 0 Å². The molecule has 1 aromatic carbocycles. The van der Waals surface area contributed by atoms with E-state index in [2.05, 4.69) is 68.6 Å². The summed E-state index contributed by atoms with van der Waals surface area (Å²) in [6, 6.07) is 11.6. The van der Waals surface area contributed by atoms with E-state index in [1.54, 1.807) is 3.58 Å². The molecule has 0 fully saturated rings. The van der Waals surface area contributed by atoms with Gasteiger partial charge in [0.1, 0.15) is 0 Å². The summed E-state index contributed by atoms with van der Waals surface area (Å²) in [5, 5.41) is 0. The van der Waals surface area contributed by atoms with Crippen LogP contribution in [0.3, 0.4) is 0 Å². The minimum absolute atomic E-state index is 1.13. The number of imidazole rings is 1. The topological polar surface area (TPSA) is 17.3 Å². The SMILES string of the molecule is CCC[CH2][Sn]([CH2]CCC)([CH2]CCC)[c]1ccn2c(c1)nc1cc(C)ccc12. The van der Waals surface area contributed by atoms with E-state index in [-0.39, 0.29) is 0 Å². The number of hydrogen-bond donors (Lipinski definition) is 0. The summed E-state index contributed by atoms with van der Waals surface area (Å²) < 4.78 is 8.55. The first-order chi connectivity index (χ1) is 13.1. The Hall–Kier alpha value is -1.03. The summed E-state index contributed by atoms with van der Waals surface area (Å²) in [5.74, 6) is 0. The molecule has 0 atom stereocenters. The first-order valence-corrected chi connectivity index (χ1v) is 18.5. The normalized spacial score (nSPS) is 12.3. The molecule has 0 unspecified atom stereocenters. The molecule has 2 aromatic heterocycles. The molecule has 2 heterocycles. The Balaban J connectivity index is 2.08. The van der Waals surface area contributed by atoms with Crippen LogP contribution < -0.4 is 3.58 Å². The van der Waals surface area contributed by atoms with Crippen molar-refractivity contribution in [2.75, 3.05) is 0 Å². The van der Waals surface area contributed by atoms with E-state index < -0.39 is 18.4 Å². The molecule has 146 valence electrons. The Bertz CT molecular complexity index is 859. The Labute approximate surface area is 169 Å². The Morgan fingerprint density at radius 2 is 1.48 bits per heavy atom. The molecule has 3 aromatic rings. The van der Waals surface area contributed by atoms with Gasteiger partial charge in [-0.25, -0.2) is 0 Å². The van der Waals surface area contributed by atoms with Gasteiger partial charge in [-0.3, -0.25) is 0 Å². The molecule has 0 saturated heterocycles. The van der Waals surface area contributed by atoms with Gasteiger partial charge >= 0.3 is 170 Å². The maximum atomic E-state index is 4.99. The molecule has 0 aliphatic heterocycles. The minimum atomic E-state index is -2.38. The van der Waals surface area contributed by atoms with Crippen molar-refractivity contribution in [3.63, 3.8) is 0 Å². The van der Waals surface area contributed by atoms with E-state index in [0.717, 1.165) is 11.2 Å². The predicted octanol–water partition coefficient (Wildman–Crippen LogP) is 6.85. The van der Waals surface area contributed by atoms with Gasteiger partial charge in [0.25, 0.3) is 0 Å². The zero-order chi connectivity index (χ0) is 19.3. The van der Waals surface area contributed by atoms with Gasteiger partial charge in [0.2, 0.25) is 0 Å². The molecule has 3 rings (SSSR count). The fourth-order valence-corrected chi connectivity index (χ4v) is 20.4. The van der Waals surface area contributed by atoms with E-state index in [1.165, 1.54) is 62.9 Å². The summed E-state index contributed by atoms with van der Waals surface area (Å²) in [6.45, 7) is 9.20. The van der Waals surface area contributed by atoms with Crippen LogP contribution in [-0.2, 0) is 0 Å². The van der Waals surface area contributed by atoms with Crippen LogP contribution in [0.4, 0.5) is 0 Å². The van der Waals surface area contributed by atoms with Crippen LogP contribution in [0.25, 0.3) is 16.7 Å². The third-order valence-electron chi connectivity index (χ3n) is 6.20. The number of fused-ring (bicyclic) bond motifs is 3. The van der Waals surface area contributed by atoms with Gasteiger partial charge in [0, 0.05) is 0 Å². The van der Waals surface area contributed by atoms with E-state index in [1.807, 2.05) is 0 Å². The predicted molar refractivity (Wildman–Crippen MR) is 122 cm³/mol. The van der Waals surface area contributed by atoms with Crippen molar-refractivity contribution in [2.45, 2.75) is 79.5 Å². The molecule has 0 N–H and O–H groups in total. The zero-order valence-electron chi connectivity index (χ0n) is 17.7. The number of benzene rings is 1. The maximum absolute atomic E-state index is 4.99. The second-order valence-corrected chi connectivity index (χ2v) is 21.6. The quantitative estimate of drug-likeness (QED) is 0.296. The number of hydrogen-bond acceptors (Lipinski definition) is 1. The van der Waals surface area contributed by atoms with Crippen LogP contribution in [0.1, 0.15) is 64.9 Å².